The van der Waals surface area contributed by atoms with Crippen molar-refractivity contribution < 1.29 is 18.4 Å². The molecule has 134 valence electrons. The van der Waals surface area contributed by atoms with Gasteiger partial charge in [0.2, 0.25) is 0 Å². The summed E-state index contributed by atoms with van der Waals surface area (Å²) in [5.74, 6) is -1.62. The zero-order valence-electron chi connectivity index (χ0n) is 15.0. The van der Waals surface area contributed by atoms with Crippen LogP contribution < -0.4 is 0 Å². The van der Waals surface area contributed by atoms with Gasteiger partial charge in [-0.1, -0.05) is 6.92 Å². The Balaban J connectivity index is 2.42. The van der Waals surface area contributed by atoms with Crippen molar-refractivity contribution in [3.05, 3.63) is 57.9 Å². The summed E-state index contributed by atoms with van der Waals surface area (Å²) in [4.78, 5) is 29.1. The zero-order chi connectivity index (χ0) is 18.9. The number of carbonyl (C=O) groups excluding carboxylic acids is 2. The van der Waals surface area contributed by atoms with Crippen LogP contribution in [0.15, 0.2) is 18.2 Å². The average molecular weight is 348 g/mol. The van der Waals surface area contributed by atoms with Crippen LogP contribution in [0.5, 0.6) is 0 Å². The van der Waals surface area contributed by atoms with Crippen LogP contribution in [0.3, 0.4) is 0 Å². The van der Waals surface area contributed by atoms with E-state index in [1.54, 1.807) is 13.8 Å². The Morgan fingerprint density at radius 2 is 1.92 bits per heavy atom. The Morgan fingerprint density at radius 1 is 1.28 bits per heavy atom. The molecule has 1 N–H and O–H groups in total. The van der Waals surface area contributed by atoms with Gasteiger partial charge in [-0.2, -0.15) is 0 Å². The molecule has 6 heteroatoms. The Labute approximate surface area is 145 Å². The number of aromatic nitrogens is 1. The molecule has 1 unspecified atom stereocenters. The molecular formula is C19H22F2N2O2. The highest BCUT2D eigenvalue weighted by atomic mass is 19.1. The van der Waals surface area contributed by atoms with Gasteiger partial charge in [0.25, 0.3) is 5.91 Å². The molecule has 1 atom stereocenters. The van der Waals surface area contributed by atoms with Gasteiger partial charge in [-0.3, -0.25) is 9.59 Å². The molecule has 0 bridgehead atoms. The molecule has 0 fully saturated rings. The molecule has 0 saturated heterocycles. The number of carbonyl (C=O) groups is 2. The molecule has 1 heterocycles. The number of aryl methyl sites for hydroxylation is 1. The lowest BCUT2D eigenvalue weighted by Gasteiger charge is -2.26. The number of aromatic amines is 1. The maximum Gasteiger partial charge on any atom is 0.270 e. The van der Waals surface area contributed by atoms with Crippen molar-refractivity contribution in [3.8, 4) is 0 Å². The van der Waals surface area contributed by atoms with Crippen molar-refractivity contribution in [2.45, 2.75) is 40.2 Å². The van der Waals surface area contributed by atoms with Crippen LogP contribution in [0, 0.1) is 18.6 Å². The number of amides is 1. The second-order valence-electron chi connectivity index (χ2n) is 6.15. The van der Waals surface area contributed by atoms with Crippen LogP contribution in [0.25, 0.3) is 0 Å². The third-order valence-corrected chi connectivity index (χ3v) is 4.52. The molecule has 0 radical (unpaired) electrons. The summed E-state index contributed by atoms with van der Waals surface area (Å²) >= 11 is 0. The van der Waals surface area contributed by atoms with Crippen LogP contribution in [0.1, 0.15) is 64.5 Å². The molecular weight excluding hydrogens is 326 g/mol. The summed E-state index contributed by atoms with van der Waals surface area (Å²) in [5, 5.41) is 0. The normalized spacial score (nSPS) is 12.1. The number of H-pyrrole nitrogens is 1. The Bertz CT molecular complexity index is 827. The molecule has 0 aliphatic rings. The van der Waals surface area contributed by atoms with Crippen LogP contribution in [-0.2, 0) is 6.42 Å². The zero-order valence-corrected chi connectivity index (χ0v) is 15.0. The third kappa shape index (κ3) is 3.48. The van der Waals surface area contributed by atoms with E-state index in [0.717, 1.165) is 18.2 Å². The Hall–Kier alpha value is -2.50. The SMILES string of the molecule is CCc1c(C(=O)N(C)C(C)c2cc(F)ccc2F)[nH]c(C)c1C(C)=O. The highest BCUT2D eigenvalue weighted by Crippen LogP contribution is 2.27. The van der Waals surface area contributed by atoms with Crippen molar-refractivity contribution in [2.24, 2.45) is 0 Å². The van der Waals surface area contributed by atoms with Gasteiger partial charge in [0, 0.05) is 23.9 Å². The summed E-state index contributed by atoms with van der Waals surface area (Å²) < 4.78 is 27.5. The number of halogens is 2. The summed E-state index contributed by atoms with van der Waals surface area (Å²) in [5.41, 5.74) is 2.21. The summed E-state index contributed by atoms with van der Waals surface area (Å²) in [6, 6.07) is 2.50. The van der Waals surface area contributed by atoms with E-state index in [-0.39, 0.29) is 17.3 Å². The van der Waals surface area contributed by atoms with Gasteiger partial charge in [0.05, 0.1) is 6.04 Å². The van der Waals surface area contributed by atoms with Gasteiger partial charge in [0.1, 0.15) is 17.3 Å². The van der Waals surface area contributed by atoms with Crippen LogP contribution in [-0.4, -0.2) is 28.6 Å². The first kappa shape index (κ1) is 18.8. The van der Waals surface area contributed by atoms with Crippen molar-refractivity contribution in [3.63, 3.8) is 0 Å². The Kier molecular flexibility index (Phi) is 5.40. The van der Waals surface area contributed by atoms with Crippen molar-refractivity contribution in [1.82, 2.24) is 9.88 Å². The summed E-state index contributed by atoms with van der Waals surface area (Å²) in [7, 11) is 1.53. The van der Waals surface area contributed by atoms with E-state index in [1.807, 2.05) is 6.92 Å². The number of nitrogens with zero attached hydrogens (tertiary/aromatic N) is 1. The van der Waals surface area contributed by atoms with E-state index in [2.05, 4.69) is 4.98 Å². The number of rotatable bonds is 5. The molecule has 25 heavy (non-hydrogen) atoms. The first-order chi connectivity index (χ1) is 11.7. The highest BCUT2D eigenvalue weighted by molar-refractivity contribution is 6.02. The van der Waals surface area contributed by atoms with Crippen LogP contribution in [0.2, 0.25) is 0 Å². The van der Waals surface area contributed by atoms with Gasteiger partial charge in [-0.25, -0.2) is 8.78 Å². The van der Waals surface area contributed by atoms with Gasteiger partial charge in [-0.15, -0.1) is 0 Å². The topological polar surface area (TPSA) is 53.2 Å². The second-order valence-corrected chi connectivity index (χ2v) is 6.15. The fourth-order valence-electron chi connectivity index (χ4n) is 3.09. The van der Waals surface area contributed by atoms with E-state index >= 15 is 0 Å². The molecule has 4 nitrogen and oxygen atoms in total. The number of hydrogen-bond acceptors (Lipinski definition) is 2. The van der Waals surface area contributed by atoms with E-state index < -0.39 is 17.7 Å². The smallest absolute Gasteiger partial charge is 0.270 e. The second kappa shape index (κ2) is 7.17. The number of benzene rings is 1. The fraction of sp³-hybridized carbons (Fsp3) is 0.368. The molecule has 2 rings (SSSR count). The average Bonchev–Trinajstić information content (AvgIpc) is 2.91. The fourth-order valence-corrected chi connectivity index (χ4v) is 3.09. The molecule has 0 aliphatic heterocycles. The minimum Gasteiger partial charge on any atom is -0.354 e. The third-order valence-electron chi connectivity index (χ3n) is 4.52. The molecule has 1 aromatic carbocycles. The molecule has 1 aromatic heterocycles. The number of Topliss-reactive ketones (excluding diaryl/α,β-unsaturated/α-hetero) is 1. The standard InChI is InChI=1S/C19H22F2N2O2/c1-6-14-17(12(4)24)10(2)22-18(14)19(25)23(5)11(3)15-9-13(20)7-8-16(15)21/h7-9,11,22H,6H2,1-5H3. The van der Waals surface area contributed by atoms with Crippen LogP contribution in [0.4, 0.5) is 8.78 Å². The van der Waals surface area contributed by atoms with Crippen molar-refractivity contribution in [2.75, 3.05) is 7.05 Å². The summed E-state index contributed by atoms with van der Waals surface area (Å²) in [6.45, 7) is 6.69. The molecule has 0 aliphatic carbocycles. The molecule has 1 amide bonds. The van der Waals surface area contributed by atoms with E-state index in [9.17, 15) is 18.4 Å². The largest absolute Gasteiger partial charge is 0.354 e. The first-order valence-electron chi connectivity index (χ1n) is 8.13. The number of ketones is 1. The molecule has 2 aromatic rings. The minimum absolute atomic E-state index is 0.101. The van der Waals surface area contributed by atoms with Gasteiger partial charge in [0.15, 0.2) is 5.78 Å². The first-order valence-corrected chi connectivity index (χ1v) is 8.13. The maximum absolute atomic E-state index is 14.0. The van der Waals surface area contributed by atoms with Crippen LogP contribution >= 0.6 is 0 Å². The Morgan fingerprint density at radius 3 is 2.48 bits per heavy atom. The molecule has 0 spiro atoms. The summed E-state index contributed by atoms with van der Waals surface area (Å²) in [6.07, 6.45) is 0.511. The molecule has 0 saturated carbocycles. The number of nitrogens with one attached hydrogen (secondary N) is 1. The predicted octanol–water partition coefficient (Wildman–Crippen LogP) is 4.20. The van der Waals surface area contributed by atoms with E-state index in [0.29, 0.717) is 28.9 Å². The quantitative estimate of drug-likeness (QED) is 0.824. The van der Waals surface area contributed by atoms with Crippen molar-refractivity contribution >= 4 is 11.7 Å². The minimum atomic E-state index is -0.669. The lowest BCUT2D eigenvalue weighted by Crippen LogP contribution is -2.31. The van der Waals surface area contributed by atoms with Gasteiger partial charge < -0.3 is 9.88 Å². The lowest BCUT2D eigenvalue weighted by molar-refractivity contribution is 0.0733. The van der Waals surface area contributed by atoms with Gasteiger partial charge >= 0.3 is 0 Å². The van der Waals surface area contributed by atoms with E-state index in [1.165, 1.54) is 18.9 Å². The lowest BCUT2D eigenvalue weighted by atomic mass is 10.0. The van der Waals surface area contributed by atoms with Gasteiger partial charge in [-0.05, 0) is 51.0 Å². The van der Waals surface area contributed by atoms with Crippen molar-refractivity contribution in [1.29, 1.82) is 0 Å². The van der Waals surface area contributed by atoms with E-state index in [4.69, 9.17) is 0 Å². The monoisotopic (exact) mass is 348 g/mol. The maximum atomic E-state index is 14.0. The number of hydrogen-bond donors (Lipinski definition) is 1. The predicted molar refractivity (Wildman–Crippen MR) is 91.8 cm³/mol. The highest BCUT2D eigenvalue weighted by Gasteiger charge is 2.27.